The van der Waals surface area contributed by atoms with Crippen molar-refractivity contribution in [3.63, 3.8) is 0 Å². The van der Waals surface area contributed by atoms with Gasteiger partial charge in [-0.15, -0.1) is 0 Å². The van der Waals surface area contributed by atoms with E-state index in [9.17, 15) is 4.79 Å². The van der Waals surface area contributed by atoms with Crippen molar-refractivity contribution in [2.75, 3.05) is 6.61 Å². The van der Waals surface area contributed by atoms with E-state index in [1.807, 2.05) is 24.3 Å². The molecule has 0 N–H and O–H groups in total. The average Bonchev–Trinajstić information content (AvgIpc) is 2.52. The van der Waals surface area contributed by atoms with Crippen LogP contribution in [0, 0.1) is 0 Å². The summed E-state index contributed by atoms with van der Waals surface area (Å²) >= 11 is 0. The summed E-state index contributed by atoms with van der Waals surface area (Å²) in [5.74, 6) is 0.894. The summed E-state index contributed by atoms with van der Waals surface area (Å²) in [4.78, 5) is 10.1. The van der Waals surface area contributed by atoms with Gasteiger partial charge in [0.25, 0.3) is 0 Å². The highest BCUT2D eigenvalue weighted by molar-refractivity contribution is 5.74. The number of hydrogen-bond donors (Lipinski definition) is 0. The largest absolute Gasteiger partial charge is 0.494 e. The van der Waals surface area contributed by atoms with Gasteiger partial charge in [0.15, 0.2) is 0 Å². The molecule has 0 aromatic heterocycles. The maximum Gasteiger partial charge on any atom is 0.225 e. The Kier molecular flexibility index (Phi) is 10.1. The lowest BCUT2D eigenvalue weighted by molar-refractivity contribution is 0.304. The molecule has 0 saturated carbocycles. The minimum atomic E-state index is 0.784. The van der Waals surface area contributed by atoms with Gasteiger partial charge in [-0.3, -0.25) is 4.79 Å². The van der Waals surface area contributed by atoms with Gasteiger partial charge >= 0.3 is 0 Å². The molecule has 0 spiro atoms. The quantitative estimate of drug-likeness (QED) is 0.383. The molecule has 0 amide bonds. The van der Waals surface area contributed by atoms with Crippen molar-refractivity contribution >= 4 is 12.4 Å². The second kappa shape index (κ2) is 12.2. The number of benzene rings is 1. The maximum absolute atomic E-state index is 10.1. The average molecular weight is 287 g/mol. The second-order valence-electron chi connectivity index (χ2n) is 5.34. The molecule has 0 aliphatic heterocycles. The van der Waals surface area contributed by atoms with Crippen LogP contribution in [-0.4, -0.2) is 12.9 Å². The van der Waals surface area contributed by atoms with E-state index in [4.69, 9.17) is 4.74 Å². The van der Waals surface area contributed by atoms with Crippen LogP contribution in [0.15, 0.2) is 30.3 Å². The molecule has 0 heterocycles. The van der Waals surface area contributed by atoms with Gasteiger partial charge in [-0.1, -0.05) is 70.1 Å². The molecule has 2 heteroatoms. The fourth-order valence-electron chi connectivity index (χ4n) is 2.23. The summed E-state index contributed by atoms with van der Waals surface area (Å²) in [7, 11) is 0. The molecule has 1 radical (unpaired) electrons. The standard InChI is InChI=1S/C19H27O2/c1-2-3-4-5-6-7-8-9-17-21-19-14-12-18(13-15-19)11-10-16-20/h10-15H,2-9,17H2,1H3. The number of allylic oxidation sites excluding steroid dienone is 1. The molecular weight excluding hydrogens is 260 g/mol. The van der Waals surface area contributed by atoms with Crippen molar-refractivity contribution in [1.29, 1.82) is 0 Å². The van der Waals surface area contributed by atoms with Gasteiger partial charge in [0.2, 0.25) is 6.29 Å². The number of hydrogen-bond acceptors (Lipinski definition) is 2. The zero-order chi connectivity index (χ0) is 15.2. The van der Waals surface area contributed by atoms with Crippen molar-refractivity contribution in [2.45, 2.75) is 58.3 Å². The molecule has 21 heavy (non-hydrogen) atoms. The SMILES string of the molecule is CCCCCCCCCCOc1ccc(C=C[C]=O)cc1. The number of ether oxygens (including phenoxy) is 1. The lowest BCUT2D eigenvalue weighted by atomic mass is 10.1. The van der Waals surface area contributed by atoms with E-state index in [0.717, 1.165) is 24.3 Å². The van der Waals surface area contributed by atoms with Crippen molar-refractivity contribution in [3.8, 4) is 5.75 Å². The van der Waals surface area contributed by atoms with E-state index < -0.39 is 0 Å². The van der Waals surface area contributed by atoms with E-state index in [0.29, 0.717) is 0 Å². The van der Waals surface area contributed by atoms with Crippen LogP contribution in [0.4, 0.5) is 0 Å². The van der Waals surface area contributed by atoms with E-state index in [2.05, 4.69) is 6.92 Å². The highest BCUT2D eigenvalue weighted by Gasteiger charge is 1.95. The van der Waals surface area contributed by atoms with Gasteiger partial charge in [0.1, 0.15) is 5.75 Å². The first-order chi connectivity index (χ1) is 10.4. The van der Waals surface area contributed by atoms with Crippen LogP contribution in [0.1, 0.15) is 63.9 Å². The van der Waals surface area contributed by atoms with Gasteiger partial charge in [-0.25, -0.2) is 0 Å². The van der Waals surface area contributed by atoms with Gasteiger partial charge in [-0.2, -0.15) is 0 Å². The Hall–Kier alpha value is -1.57. The summed E-state index contributed by atoms with van der Waals surface area (Å²) < 4.78 is 5.71. The zero-order valence-corrected chi connectivity index (χ0v) is 13.1. The smallest absolute Gasteiger partial charge is 0.225 e. The van der Waals surface area contributed by atoms with E-state index in [1.54, 1.807) is 12.4 Å². The van der Waals surface area contributed by atoms with E-state index in [1.165, 1.54) is 51.0 Å². The van der Waals surface area contributed by atoms with Crippen molar-refractivity contribution in [3.05, 3.63) is 35.9 Å². The molecule has 0 saturated heterocycles. The summed E-state index contributed by atoms with van der Waals surface area (Å²) in [6.07, 6.45) is 15.3. The Labute approximate surface area is 129 Å². The third-order valence-electron chi connectivity index (χ3n) is 3.49. The zero-order valence-electron chi connectivity index (χ0n) is 13.1. The molecule has 0 aliphatic rings. The molecule has 0 aliphatic carbocycles. The first-order valence-electron chi connectivity index (χ1n) is 8.14. The second-order valence-corrected chi connectivity index (χ2v) is 5.34. The summed E-state index contributed by atoms with van der Waals surface area (Å²) in [6.45, 7) is 3.03. The number of unbranched alkanes of at least 4 members (excludes halogenated alkanes) is 7. The fraction of sp³-hybridized carbons (Fsp3) is 0.526. The third-order valence-corrected chi connectivity index (χ3v) is 3.49. The fourth-order valence-corrected chi connectivity index (χ4v) is 2.23. The third kappa shape index (κ3) is 9.06. The molecule has 0 bridgehead atoms. The normalized spacial score (nSPS) is 10.9. The van der Waals surface area contributed by atoms with E-state index >= 15 is 0 Å². The molecule has 115 valence electrons. The molecule has 0 fully saturated rings. The van der Waals surface area contributed by atoms with Crippen molar-refractivity contribution < 1.29 is 9.53 Å². The summed E-state index contributed by atoms with van der Waals surface area (Å²) in [5.41, 5.74) is 0.984. The first kappa shape index (κ1) is 17.5. The van der Waals surface area contributed by atoms with Crippen LogP contribution < -0.4 is 4.74 Å². The molecule has 1 aromatic carbocycles. The van der Waals surface area contributed by atoms with Gasteiger partial charge < -0.3 is 4.74 Å². The van der Waals surface area contributed by atoms with Crippen LogP contribution >= 0.6 is 0 Å². The Bertz CT molecular complexity index is 393. The number of carbonyl (C=O) groups excluding carboxylic acids is 1. The lowest BCUT2D eigenvalue weighted by Crippen LogP contribution is -1.97. The summed E-state index contributed by atoms with van der Waals surface area (Å²) in [5, 5.41) is 0. The first-order valence-corrected chi connectivity index (χ1v) is 8.14. The molecule has 1 rings (SSSR count). The molecule has 1 aromatic rings. The number of rotatable bonds is 12. The molecular formula is C19H27O2. The Morgan fingerprint density at radius 3 is 2.19 bits per heavy atom. The molecule has 0 unspecified atom stereocenters. The highest BCUT2D eigenvalue weighted by Crippen LogP contribution is 2.14. The Morgan fingerprint density at radius 2 is 1.57 bits per heavy atom. The van der Waals surface area contributed by atoms with Crippen LogP contribution in [0.2, 0.25) is 0 Å². The monoisotopic (exact) mass is 287 g/mol. The molecule has 2 nitrogen and oxygen atoms in total. The Morgan fingerprint density at radius 1 is 0.952 bits per heavy atom. The lowest BCUT2D eigenvalue weighted by Gasteiger charge is -2.06. The van der Waals surface area contributed by atoms with Crippen LogP contribution in [0.5, 0.6) is 5.75 Å². The van der Waals surface area contributed by atoms with E-state index in [-0.39, 0.29) is 0 Å². The highest BCUT2D eigenvalue weighted by atomic mass is 16.5. The topological polar surface area (TPSA) is 26.3 Å². The van der Waals surface area contributed by atoms with Crippen LogP contribution in [0.25, 0.3) is 6.08 Å². The summed E-state index contributed by atoms with van der Waals surface area (Å²) in [6, 6.07) is 7.76. The van der Waals surface area contributed by atoms with Gasteiger partial charge in [0, 0.05) is 0 Å². The van der Waals surface area contributed by atoms with Gasteiger partial charge in [-0.05, 0) is 30.2 Å². The minimum absolute atomic E-state index is 0.784. The van der Waals surface area contributed by atoms with Crippen molar-refractivity contribution in [2.24, 2.45) is 0 Å². The minimum Gasteiger partial charge on any atom is -0.494 e. The predicted molar refractivity (Wildman–Crippen MR) is 89.3 cm³/mol. The Balaban J connectivity index is 2.05. The molecule has 0 atom stereocenters. The van der Waals surface area contributed by atoms with Crippen LogP contribution in [-0.2, 0) is 4.79 Å². The van der Waals surface area contributed by atoms with Crippen LogP contribution in [0.3, 0.4) is 0 Å². The predicted octanol–water partition coefficient (Wildman–Crippen LogP) is 5.33. The maximum atomic E-state index is 10.1. The van der Waals surface area contributed by atoms with Crippen molar-refractivity contribution in [1.82, 2.24) is 0 Å². The van der Waals surface area contributed by atoms with Gasteiger partial charge in [0.05, 0.1) is 6.61 Å².